The van der Waals surface area contributed by atoms with Crippen LogP contribution in [-0.4, -0.2) is 44.9 Å². The minimum absolute atomic E-state index is 0.177. The molecule has 2 N–H and O–H groups in total. The van der Waals surface area contributed by atoms with E-state index in [1.807, 2.05) is 12.1 Å². The number of nitrogens with one attached hydrogen (secondary N) is 2. The highest BCUT2D eigenvalue weighted by atomic mass is 32.2. The van der Waals surface area contributed by atoms with Crippen LogP contribution in [0.3, 0.4) is 0 Å². The van der Waals surface area contributed by atoms with E-state index in [0.29, 0.717) is 36.0 Å². The largest absolute Gasteiger partial charge is 0.495 e. The fourth-order valence-electron chi connectivity index (χ4n) is 3.39. The van der Waals surface area contributed by atoms with Crippen molar-refractivity contribution in [2.24, 2.45) is 0 Å². The Labute approximate surface area is 178 Å². The average molecular weight is 432 g/mol. The number of carbonyl (C=O) groups excluding carboxylic acids is 1. The monoisotopic (exact) mass is 431 g/mol. The fourth-order valence-corrected chi connectivity index (χ4v) is 4.90. The van der Waals surface area contributed by atoms with Gasteiger partial charge >= 0.3 is 0 Å². The Morgan fingerprint density at radius 2 is 1.73 bits per heavy atom. The molecule has 7 nitrogen and oxygen atoms in total. The summed E-state index contributed by atoms with van der Waals surface area (Å²) in [5.41, 5.74) is 1.52. The van der Waals surface area contributed by atoms with Gasteiger partial charge in [-0.2, -0.15) is 4.31 Å². The molecule has 30 heavy (non-hydrogen) atoms. The van der Waals surface area contributed by atoms with Crippen LogP contribution in [0.25, 0.3) is 0 Å². The van der Waals surface area contributed by atoms with E-state index in [9.17, 15) is 13.2 Å². The normalized spacial score (nSPS) is 16.1. The van der Waals surface area contributed by atoms with Gasteiger partial charge in [-0.1, -0.05) is 30.7 Å². The quantitative estimate of drug-likeness (QED) is 0.671. The minimum Gasteiger partial charge on any atom is -0.495 e. The Hall–Kier alpha value is -2.42. The minimum atomic E-state index is -3.43. The highest BCUT2D eigenvalue weighted by Gasteiger charge is 2.25. The van der Waals surface area contributed by atoms with E-state index in [1.54, 1.807) is 54.7 Å². The zero-order valence-electron chi connectivity index (χ0n) is 17.4. The van der Waals surface area contributed by atoms with Crippen LogP contribution in [0.15, 0.2) is 53.4 Å². The lowest BCUT2D eigenvalue weighted by Gasteiger charge is -2.25. The number of para-hydroxylation sites is 2. The lowest BCUT2D eigenvalue weighted by molar-refractivity contribution is -0.117. The third-order valence-electron chi connectivity index (χ3n) is 5.25. The zero-order valence-corrected chi connectivity index (χ0v) is 18.2. The van der Waals surface area contributed by atoms with Crippen molar-refractivity contribution in [2.75, 3.05) is 25.5 Å². The third kappa shape index (κ3) is 5.38. The van der Waals surface area contributed by atoms with Gasteiger partial charge in [0, 0.05) is 19.6 Å². The van der Waals surface area contributed by atoms with E-state index >= 15 is 0 Å². The molecule has 0 aromatic heterocycles. The molecule has 0 saturated carbocycles. The van der Waals surface area contributed by atoms with Crippen molar-refractivity contribution in [1.29, 1.82) is 0 Å². The molecule has 1 saturated heterocycles. The van der Waals surface area contributed by atoms with Crippen LogP contribution >= 0.6 is 0 Å². The van der Waals surface area contributed by atoms with Gasteiger partial charge in [-0.3, -0.25) is 4.79 Å². The summed E-state index contributed by atoms with van der Waals surface area (Å²) in [6, 6.07) is 13.6. The number of anilines is 1. The Kier molecular flexibility index (Phi) is 7.47. The summed E-state index contributed by atoms with van der Waals surface area (Å²) in [6.45, 7) is 3.40. The number of amides is 1. The molecule has 1 amide bonds. The van der Waals surface area contributed by atoms with Crippen LogP contribution in [0.2, 0.25) is 0 Å². The molecule has 1 aliphatic heterocycles. The van der Waals surface area contributed by atoms with E-state index in [4.69, 9.17) is 4.74 Å². The van der Waals surface area contributed by atoms with Gasteiger partial charge in [0.15, 0.2) is 0 Å². The molecule has 0 spiro atoms. The molecule has 3 rings (SSSR count). The van der Waals surface area contributed by atoms with Crippen molar-refractivity contribution >= 4 is 21.6 Å². The number of methoxy groups -OCH3 is 1. The van der Waals surface area contributed by atoms with Crippen molar-refractivity contribution in [3.8, 4) is 5.75 Å². The first-order valence-electron chi connectivity index (χ1n) is 10.2. The number of hydrogen-bond acceptors (Lipinski definition) is 5. The van der Waals surface area contributed by atoms with Crippen LogP contribution in [0, 0.1) is 0 Å². The molecule has 2 aromatic carbocycles. The molecule has 0 aliphatic carbocycles. The zero-order chi connectivity index (χ0) is 21.6. The van der Waals surface area contributed by atoms with Gasteiger partial charge in [0.2, 0.25) is 15.9 Å². The van der Waals surface area contributed by atoms with E-state index in [-0.39, 0.29) is 5.91 Å². The van der Waals surface area contributed by atoms with Crippen molar-refractivity contribution in [3.63, 3.8) is 0 Å². The predicted molar refractivity (Wildman–Crippen MR) is 117 cm³/mol. The summed E-state index contributed by atoms with van der Waals surface area (Å²) in [5, 5.41) is 6.02. The highest BCUT2D eigenvalue weighted by molar-refractivity contribution is 7.89. The number of hydrogen-bond donors (Lipinski definition) is 2. The molecule has 2 aromatic rings. The summed E-state index contributed by atoms with van der Waals surface area (Å²) >= 11 is 0. The molecule has 0 bridgehead atoms. The lowest BCUT2D eigenvalue weighted by atomic mass is 10.2. The summed E-state index contributed by atoms with van der Waals surface area (Å²) in [5.74, 6) is 0.423. The Bertz CT molecular complexity index is 955. The molecule has 1 fully saturated rings. The van der Waals surface area contributed by atoms with Crippen LogP contribution in [0.5, 0.6) is 5.75 Å². The van der Waals surface area contributed by atoms with Crippen molar-refractivity contribution < 1.29 is 17.9 Å². The number of ether oxygens (including phenoxy) is 1. The summed E-state index contributed by atoms with van der Waals surface area (Å²) in [4.78, 5) is 12.8. The summed E-state index contributed by atoms with van der Waals surface area (Å²) in [6.07, 6.45) is 2.91. The van der Waals surface area contributed by atoms with Crippen molar-refractivity contribution in [2.45, 2.75) is 43.7 Å². The molecule has 0 radical (unpaired) electrons. The second-order valence-corrected chi connectivity index (χ2v) is 9.34. The Morgan fingerprint density at radius 1 is 1.07 bits per heavy atom. The van der Waals surface area contributed by atoms with Crippen molar-refractivity contribution in [1.82, 2.24) is 9.62 Å². The maximum absolute atomic E-state index is 12.7. The van der Waals surface area contributed by atoms with Crippen molar-refractivity contribution in [3.05, 3.63) is 54.1 Å². The molecule has 1 aliphatic rings. The highest BCUT2D eigenvalue weighted by Crippen LogP contribution is 2.23. The Morgan fingerprint density at radius 3 is 2.40 bits per heavy atom. The second kappa shape index (κ2) is 10.1. The van der Waals surface area contributed by atoms with Crippen LogP contribution in [0.1, 0.15) is 31.7 Å². The first-order chi connectivity index (χ1) is 14.4. The van der Waals surface area contributed by atoms with Crippen LogP contribution < -0.4 is 15.4 Å². The maximum atomic E-state index is 12.7. The summed E-state index contributed by atoms with van der Waals surface area (Å²) < 4.78 is 32.3. The lowest BCUT2D eigenvalue weighted by Crippen LogP contribution is -2.37. The number of benzene rings is 2. The van der Waals surface area contributed by atoms with Gasteiger partial charge in [-0.05, 0) is 49.6 Å². The number of sulfonamides is 1. The topological polar surface area (TPSA) is 87.7 Å². The molecule has 1 heterocycles. The number of rotatable bonds is 8. The van der Waals surface area contributed by atoms with Gasteiger partial charge in [-0.15, -0.1) is 0 Å². The molecule has 162 valence electrons. The average Bonchev–Trinajstić information content (AvgIpc) is 2.78. The van der Waals surface area contributed by atoms with Crippen LogP contribution in [0.4, 0.5) is 5.69 Å². The molecule has 8 heteroatoms. The van der Waals surface area contributed by atoms with Gasteiger partial charge < -0.3 is 15.4 Å². The number of carbonyl (C=O) groups is 1. The maximum Gasteiger partial charge on any atom is 0.243 e. The predicted octanol–water partition coefficient (Wildman–Crippen LogP) is 2.99. The van der Waals surface area contributed by atoms with E-state index < -0.39 is 16.1 Å². The Balaban J connectivity index is 1.56. The standard InChI is InChI=1S/C22H29N3O4S/c1-17(22(26)24-20-8-4-5-9-21(20)29-2)23-16-18-10-12-19(13-11-18)30(27,28)25-14-6-3-7-15-25/h4-5,8-13,17,23H,3,6-7,14-16H2,1-2H3,(H,24,26)/t17-/m1/s1. The first kappa shape index (κ1) is 22.3. The van der Waals surface area contributed by atoms with Crippen LogP contribution in [-0.2, 0) is 21.4 Å². The van der Waals surface area contributed by atoms with E-state index in [1.165, 1.54) is 0 Å². The molecule has 1 atom stereocenters. The van der Waals surface area contributed by atoms with E-state index in [2.05, 4.69) is 10.6 Å². The van der Waals surface area contributed by atoms with Gasteiger partial charge in [-0.25, -0.2) is 8.42 Å². The van der Waals surface area contributed by atoms with E-state index in [0.717, 1.165) is 24.8 Å². The molecular weight excluding hydrogens is 402 g/mol. The molecular formula is C22H29N3O4S. The summed E-state index contributed by atoms with van der Waals surface area (Å²) in [7, 11) is -1.87. The van der Waals surface area contributed by atoms with Gasteiger partial charge in [0.05, 0.1) is 23.7 Å². The third-order valence-corrected chi connectivity index (χ3v) is 7.16. The number of piperidine rings is 1. The van der Waals surface area contributed by atoms with Gasteiger partial charge in [0.1, 0.15) is 5.75 Å². The smallest absolute Gasteiger partial charge is 0.243 e. The SMILES string of the molecule is COc1ccccc1NC(=O)[C@@H](C)NCc1ccc(S(=O)(=O)N2CCCCC2)cc1. The molecule has 0 unspecified atom stereocenters. The van der Waals surface area contributed by atoms with Gasteiger partial charge in [0.25, 0.3) is 0 Å². The second-order valence-electron chi connectivity index (χ2n) is 7.40. The fraction of sp³-hybridized carbons (Fsp3) is 0.409. The first-order valence-corrected chi connectivity index (χ1v) is 11.6. The number of nitrogens with zero attached hydrogens (tertiary/aromatic N) is 1.